The minimum absolute atomic E-state index is 0.472. The highest BCUT2D eigenvalue weighted by atomic mass is 16.5. The van der Waals surface area contributed by atoms with E-state index in [2.05, 4.69) is 32.9 Å². The van der Waals surface area contributed by atoms with Gasteiger partial charge in [-0.3, -0.25) is 0 Å². The summed E-state index contributed by atoms with van der Waals surface area (Å²) in [4.78, 5) is 0. The SMILES string of the molecule is Cc1ccc(OCCOc2cc(C)c(C)cc2C)c(N)c1. The molecule has 0 aromatic heterocycles. The molecule has 0 radical (unpaired) electrons. The van der Waals surface area contributed by atoms with Crippen LogP contribution in [0.1, 0.15) is 22.3 Å². The fraction of sp³-hybridized carbons (Fsp3) is 0.333. The van der Waals surface area contributed by atoms with E-state index in [1.165, 1.54) is 11.1 Å². The van der Waals surface area contributed by atoms with Gasteiger partial charge in [-0.1, -0.05) is 12.1 Å². The number of aryl methyl sites for hydroxylation is 4. The number of rotatable bonds is 5. The van der Waals surface area contributed by atoms with Crippen molar-refractivity contribution in [2.24, 2.45) is 0 Å². The molecule has 0 unspecified atom stereocenters. The van der Waals surface area contributed by atoms with Gasteiger partial charge in [-0.15, -0.1) is 0 Å². The zero-order valence-electron chi connectivity index (χ0n) is 13.2. The summed E-state index contributed by atoms with van der Waals surface area (Å²) in [5.74, 6) is 1.62. The molecule has 0 aliphatic rings. The van der Waals surface area contributed by atoms with Gasteiger partial charge in [0.1, 0.15) is 24.7 Å². The fourth-order valence-electron chi connectivity index (χ4n) is 2.19. The first-order chi connectivity index (χ1) is 9.97. The molecule has 0 saturated heterocycles. The van der Waals surface area contributed by atoms with Crippen molar-refractivity contribution in [2.75, 3.05) is 18.9 Å². The fourth-order valence-corrected chi connectivity index (χ4v) is 2.19. The first kappa shape index (κ1) is 15.2. The number of nitrogens with two attached hydrogens (primary N) is 1. The summed E-state index contributed by atoms with van der Waals surface area (Å²) in [6.07, 6.45) is 0. The first-order valence-electron chi connectivity index (χ1n) is 7.17. The topological polar surface area (TPSA) is 44.5 Å². The third kappa shape index (κ3) is 3.91. The number of hydrogen-bond acceptors (Lipinski definition) is 3. The molecular weight excluding hydrogens is 262 g/mol. The van der Waals surface area contributed by atoms with Gasteiger partial charge in [-0.2, -0.15) is 0 Å². The van der Waals surface area contributed by atoms with Crippen LogP contribution in [0.2, 0.25) is 0 Å². The standard InChI is InChI=1S/C18H23NO2/c1-12-5-6-17(16(19)9-12)20-7-8-21-18-11-14(3)13(2)10-15(18)4/h5-6,9-11H,7-8,19H2,1-4H3. The van der Waals surface area contributed by atoms with Crippen LogP contribution in [0.25, 0.3) is 0 Å². The van der Waals surface area contributed by atoms with Crippen LogP contribution >= 0.6 is 0 Å². The van der Waals surface area contributed by atoms with Crippen molar-refractivity contribution < 1.29 is 9.47 Å². The smallest absolute Gasteiger partial charge is 0.142 e. The molecule has 0 saturated carbocycles. The molecule has 2 rings (SSSR count). The number of nitrogen functional groups attached to an aromatic ring is 1. The molecule has 0 aliphatic heterocycles. The number of hydrogen-bond donors (Lipinski definition) is 1. The molecule has 0 amide bonds. The van der Waals surface area contributed by atoms with Crippen molar-refractivity contribution in [1.82, 2.24) is 0 Å². The molecule has 112 valence electrons. The molecule has 0 fully saturated rings. The van der Waals surface area contributed by atoms with Crippen LogP contribution in [0, 0.1) is 27.7 Å². The highest BCUT2D eigenvalue weighted by Gasteiger charge is 2.04. The molecule has 3 heteroatoms. The second kappa shape index (κ2) is 6.53. The summed E-state index contributed by atoms with van der Waals surface area (Å²) >= 11 is 0. The Morgan fingerprint density at radius 2 is 1.38 bits per heavy atom. The van der Waals surface area contributed by atoms with E-state index in [0.717, 1.165) is 16.9 Å². The largest absolute Gasteiger partial charge is 0.490 e. The highest BCUT2D eigenvalue weighted by Crippen LogP contribution is 2.23. The van der Waals surface area contributed by atoms with Crippen LogP contribution in [-0.2, 0) is 0 Å². The van der Waals surface area contributed by atoms with E-state index in [-0.39, 0.29) is 0 Å². The Kier molecular flexibility index (Phi) is 4.73. The van der Waals surface area contributed by atoms with Gasteiger partial charge in [0.05, 0.1) is 5.69 Å². The Morgan fingerprint density at radius 1 is 0.762 bits per heavy atom. The van der Waals surface area contributed by atoms with E-state index in [1.807, 2.05) is 25.1 Å². The van der Waals surface area contributed by atoms with Crippen molar-refractivity contribution >= 4 is 5.69 Å². The second-order valence-electron chi connectivity index (χ2n) is 5.44. The predicted octanol–water partition coefficient (Wildman–Crippen LogP) is 3.96. The molecule has 21 heavy (non-hydrogen) atoms. The normalized spacial score (nSPS) is 10.5. The van der Waals surface area contributed by atoms with Crippen LogP contribution in [0.15, 0.2) is 30.3 Å². The van der Waals surface area contributed by atoms with Crippen molar-refractivity contribution in [2.45, 2.75) is 27.7 Å². The van der Waals surface area contributed by atoms with E-state index in [0.29, 0.717) is 24.7 Å². The van der Waals surface area contributed by atoms with E-state index in [9.17, 15) is 0 Å². The second-order valence-corrected chi connectivity index (χ2v) is 5.44. The molecule has 0 heterocycles. The van der Waals surface area contributed by atoms with Gasteiger partial charge in [0, 0.05) is 0 Å². The van der Waals surface area contributed by atoms with Crippen LogP contribution < -0.4 is 15.2 Å². The number of anilines is 1. The van der Waals surface area contributed by atoms with Gasteiger partial charge < -0.3 is 15.2 Å². The van der Waals surface area contributed by atoms with E-state index in [1.54, 1.807) is 0 Å². The van der Waals surface area contributed by atoms with Crippen LogP contribution in [0.3, 0.4) is 0 Å². The van der Waals surface area contributed by atoms with Gasteiger partial charge in [0.15, 0.2) is 0 Å². The lowest BCUT2D eigenvalue weighted by molar-refractivity contribution is 0.217. The summed E-state index contributed by atoms with van der Waals surface area (Å²) in [6.45, 7) is 9.23. The summed E-state index contributed by atoms with van der Waals surface area (Å²) < 4.78 is 11.4. The molecule has 2 aromatic carbocycles. The van der Waals surface area contributed by atoms with Gasteiger partial charge in [0.25, 0.3) is 0 Å². The molecular formula is C18H23NO2. The average molecular weight is 285 g/mol. The number of ether oxygens (including phenoxy) is 2. The minimum Gasteiger partial charge on any atom is -0.490 e. The predicted molar refractivity (Wildman–Crippen MR) is 87.2 cm³/mol. The quantitative estimate of drug-likeness (QED) is 0.668. The van der Waals surface area contributed by atoms with E-state index < -0.39 is 0 Å². The molecule has 2 aromatic rings. The number of benzene rings is 2. The lowest BCUT2D eigenvalue weighted by Gasteiger charge is -2.13. The maximum atomic E-state index is 5.91. The first-order valence-corrected chi connectivity index (χ1v) is 7.17. The zero-order valence-corrected chi connectivity index (χ0v) is 13.2. The van der Waals surface area contributed by atoms with E-state index in [4.69, 9.17) is 15.2 Å². The van der Waals surface area contributed by atoms with Gasteiger partial charge in [-0.05, 0) is 68.1 Å². The Bertz CT molecular complexity index is 635. The summed E-state index contributed by atoms with van der Waals surface area (Å²) in [5, 5.41) is 0. The molecule has 0 spiro atoms. The zero-order chi connectivity index (χ0) is 15.4. The summed E-state index contributed by atoms with van der Waals surface area (Å²) in [7, 11) is 0. The Hall–Kier alpha value is -2.16. The molecule has 0 atom stereocenters. The monoisotopic (exact) mass is 285 g/mol. The summed E-state index contributed by atoms with van der Waals surface area (Å²) in [5.41, 5.74) is 11.4. The van der Waals surface area contributed by atoms with Crippen molar-refractivity contribution in [1.29, 1.82) is 0 Å². The maximum Gasteiger partial charge on any atom is 0.142 e. The van der Waals surface area contributed by atoms with Crippen LogP contribution in [0.5, 0.6) is 11.5 Å². The summed E-state index contributed by atoms with van der Waals surface area (Å²) in [6, 6.07) is 10.0. The van der Waals surface area contributed by atoms with Gasteiger partial charge in [-0.25, -0.2) is 0 Å². The third-order valence-corrected chi connectivity index (χ3v) is 3.56. The van der Waals surface area contributed by atoms with Crippen LogP contribution in [0.4, 0.5) is 5.69 Å². The highest BCUT2D eigenvalue weighted by molar-refractivity contribution is 5.54. The van der Waals surface area contributed by atoms with Crippen LogP contribution in [-0.4, -0.2) is 13.2 Å². The van der Waals surface area contributed by atoms with Crippen molar-refractivity contribution in [3.8, 4) is 11.5 Å². The minimum atomic E-state index is 0.472. The molecule has 0 aliphatic carbocycles. The molecule has 0 bridgehead atoms. The van der Waals surface area contributed by atoms with E-state index >= 15 is 0 Å². The molecule has 2 N–H and O–H groups in total. The van der Waals surface area contributed by atoms with Gasteiger partial charge in [0.2, 0.25) is 0 Å². The lowest BCUT2D eigenvalue weighted by Crippen LogP contribution is -2.10. The third-order valence-electron chi connectivity index (χ3n) is 3.56. The van der Waals surface area contributed by atoms with Gasteiger partial charge >= 0.3 is 0 Å². The molecule has 3 nitrogen and oxygen atoms in total. The average Bonchev–Trinajstić information content (AvgIpc) is 2.42. The Balaban J connectivity index is 1.89. The van der Waals surface area contributed by atoms with Crippen molar-refractivity contribution in [3.63, 3.8) is 0 Å². The Labute approximate surface area is 126 Å². The Morgan fingerprint density at radius 3 is 2.05 bits per heavy atom. The van der Waals surface area contributed by atoms with Crippen molar-refractivity contribution in [3.05, 3.63) is 52.6 Å². The maximum absolute atomic E-state index is 5.91. The lowest BCUT2D eigenvalue weighted by atomic mass is 10.1.